The first-order valence-electron chi connectivity index (χ1n) is 8.51. The summed E-state index contributed by atoms with van der Waals surface area (Å²) in [5.41, 5.74) is 6.46. The minimum absolute atomic E-state index is 0. The van der Waals surface area contributed by atoms with Gasteiger partial charge < -0.3 is 20.5 Å². The van der Waals surface area contributed by atoms with E-state index in [0.717, 1.165) is 12.8 Å². The van der Waals surface area contributed by atoms with E-state index in [0.29, 0.717) is 36.1 Å². The first-order valence-corrected chi connectivity index (χ1v) is 8.51. The van der Waals surface area contributed by atoms with Crippen LogP contribution in [-0.4, -0.2) is 32.2 Å². The highest BCUT2D eigenvalue weighted by Crippen LogP contribution is 2.29. The Hall–Kier alpha value is -1.46. The maximum absolute atomic E-state index is 12.5. The average molecular weight is 357 g/mol. The number of amides is 1. The van der Waals surface area contributed by atoms with Crippen molar-refractivity contribution in [2.75, 3.05) is 20.3 Å². The number of nitrogens with two attached hydrogens (primary N) is 1. The maximum Gasteiger partial charge on any atom is 0.251 e. The quantitative estimate of drug-likeness (QED) is 0.787. The van der Waals surface area contributed by atoms with E-state index in [-0.39, 0.29) is 24.4 Å². The molecule has 1 aromatic carbocycles. The molecule has 6 heteroatoms. The number of hydrogen-bond donors (Lipinski definition) is 2. The molecule has 1 aliphatic rings. The summed E-state index contributed by atoms with van der Waals surface area (Å²) >= 11 is 0. The van der Waals surface area contributed by atoms with Gasteiger partial charge in [0.05, 0.1) is 13.7 Å². The molecule has 1 amide bonds. The number of carbonyl (C=O) groups excluding carboxylic acids is 1. The molecule has 5 nitrogen and oxygen atoms in total. The van der Waals surface area contributed by atoms with Crippen LogP contribution in [0, 0.1) is 5.92 Å². The maximum atomic E-state index is 12.5. The number of methoxy groups -OCH3 is 1. The van der Waals surface area contributed by atoms with Crippen LogP contribution in [0.5, 0.6) is 11.5 Å². The third-order valence-corrected chi connectivity index (χ3v) is 4.51. The molecule has 2 rings (SSSR count). The molecule has 0 radical (unpaired) electrons. The minimum Gasteiger partial charge on any atom is -0.493 e. The van der Waals surface area contributed by atoms with Crippen LogP contribution in [0.1, 0.15) is 49.4 Å². The molecule has 3 N–H and O–H groups in total. The van der Waals surface area contributed by atoms with Gasteiger partial charge in [0.2, 0.25) is 0 Å². The third kappa shape index (κ3) is 5.28. The first-order chi connectivity index (χ1) is 11.2. The highest BCUT2D eigenvalue weighted by atomic mass is 35.5. The van der Waals surface area contributed by atoms with Gasteiger partial charge in [-0.2, -0.15) is 0 Å². The number of hydrogen-bond acceptors (Lipinski definition) is 4. The molecule has 0 bridgehead atoms. The predicted octanol–water partition coefficient (Wildman–Crippen LogP) is 3.15. The predicted molar refractivity (Wildman–Crippen MR) is 98.3 cm³/mol. The Labute approximate surface area is 150 Å². The van der Waals surface area contributed by atoms with Gasteiger partial charge in [0.1, 0.15) is 0 Å². The number of benzene rings is 1. The Bertz CT molecular complexity index is 519. The van der Waals surface area contributed by atoms with Gasteiger partial charge in [-0.3, -0.25) is 4.79 Å². The molecule has 0 spiro atoms. The Balaban J connectivity index is 0.00000288. The molecule has 1 fully saturated rings. The minimum atomic E-state index is -0.104. The number of rotatable bonds is 7. The van der Waals surface area contributed by atoms with E-state index in [4.69, 9.17) is 15.2 Å². The largest absolute Gasteiger partial charge is 0.493 e. The normalized spacial score (nSPS) is 16.0. The molecule has 1 saturated carbocycles. The molecule has 1 aliphatic carbocycles. The van der Waals surface area contributed by atoms with Gasteiger partial charge in [-0.15, -0.1) is 12.4 Å². The lowest BCUT2D eigenvalue weighted by atomic mass is 9.84. The number of carbonyl (C=O) groups is 1. The summed E-state index contributed by atoms with van der Waals surface area (Å²) in [5.74, 6) is 1.60. The number of halogens is 1. The van der Waals surface area contributed by atoms with Gasteiger partial charge in [-0.05, 0) is 43.9 Å². The topological polar surface area (TPSA) is 73.6 Å². The molecule has 136 valence electrons. The molecule has 0 aliphatic heterocycles. The van der Waals surface area contributed by atoms with Crippen LogP contribution >= 0.6 is 12.4 Å². The SMILES string of the molecule is CCOc1ccc(C(=O)NC(CN)C2CCCCC2)cc1OC.Cl. The van der Waals surface area contributed by atoms with Crippen LogP contribution in [0.3, 0.4) is 0 Å². The molecule has 1 aromatic rings. The summed E-state index contributed by atoms with van der Waals surface area (Å²) in [6.07, 6.45) is 6.04. The van der Waals surface area contributed by atoms with Gasteiger partial charge in [-0.25, -0.2) is 0 Å². The van der Waals surface area contributed by atoms with Gasteiger partial charge in [0.15, 0.2) is 11.5 Å². The number of ether oxygens (including phenoxy) is 2. The fraction of sp³-hybridized carbons (Fsp3) is 0.611. The summed E-state index contributed by atoms with van der Waals surface area (Å²) in [6, 6.07) is 5.29. The second-order valence-corrected chi connectivity index (χ2v) is 6.01. The van der Waals surface area contributed by atoms with Crippen molar-refractivity contribution >= 4 is 18.3 Å². The smallest absolute Gasteiger partial charge is 0.251 e. The van der Waals surface area contributed by atoms with Gasteiger partial charge in [0, 0.05) is 18.2 Å². The molecule has 0 aromatic heterocycles. The van der Waals surface area contributed by atoms with Crippen molar-refractivity contribution in [2.45, 2.75) is 45.1 Å². The van der Waals surface area contributed by atoms with Crippen molar-refractivity contribution in [3.63, 3.8) is 0 Å². The van der Waals surface area contributed by atoms with Crippen molar-refractivity contribution < 1.29 is 14.3 Å². The fourth-order valence-electron chi connectivity index (χ4n) is 3.24. The summed E-state index contributed by atoms with van der Waals surface area (Å²) in [5, 5.41) is 3.10. The van der Waals surface area contributed by atoms with E-state index in [9.17, 15) is 4.79 Å². The Morgan fingerprint density at radius 2 is 2.00 bits per heavy atom. The molecular formula is C18H29ClN2O3. The van der Waals surface area contributed by atoms with Crippen LogP contribution in [0.25, 0.3) is 0 Å². The summed E-state index contributed by atoms with van der Waals surface area (Å²) < 4.78 is 10.8. The standard InChI is InChI=1S/C18H28N2O3.ClH/c1-3-23-16-10-9-14(11-17(16)22-2)18(21)20-15(12-19)13-7-5-4-6-8-13;/h9-11,13,15H,3-8,12,19H2,1-2H3,(H,20,21);1H. The van der Waals surface area contributed by atoms with Crippen LogP contribution in [0.4, 0.5) is 0 Å². The molecule has 1 unspecified atom stereocenters. The van der Waals surface area contributed by atoms with Crippen molar-refractivity contribution in [3.8, 4) is 11.5 Å². The van der Waals surface area contributed by atoms with Gasteiger partial charge >= 0.3 is 0 Å². The van der Waals surface area contributed by atoms with E-state index in [1.165, 1.54) is 19.3 Å². The Kier molecular flexibility index (Phi) is 8.93. The highest BCUT2D eigenvalue weighted by molar-refractivity contribution is 5.95. The van der Waals surface area contributed by atoms with Crippen molar-refractivity contribution in [2.24, 2.45) is 11.7 Å². The summed E-state index contributed by atoms with van der Waals surface area (Å²) in [7, 11) is 1.57. The zero-order chi connectivity index (χ0) is 16.7. The lowest BCUT2D eigenvalue weighted by molar-refractivity contribution is 0.0915. The van der Waals surface area contributed by atoms with Gasteiger partial charge in [-0.1, -0.05) is 19.3 Å². The molecule has 1 atom stereocenters. The van der Waals surface area contributed by atoms with Gasteiger partial charge in [0.25, 0.3) is 5.91 Å². The third-order valence-electron chi connectivity index (χ3n) is 4.51. The lowest BCUT2D eigenvalue weighted by Crippen LogP contribution is -2.45. The van der Waals surface area contributed by atoms with Crippen LogP contribution in [-0.2, 0) is 0 Å². The highest BCUT2D eigenvalue weighted by Gasteiger charge is 2.24. The second kappa shape index (κ2) is 10.4. The Morgan fingerprint density at radius 1 is 1.29 bits per heavy atom. The van der Waals surface area contributed by atoms with Crippen LogP contribution in [0.2, 0.25) is 0 Å². The van der Waals surface area contributed by atoms with E-state index in [1.807, 2.05) is 6.92 Å². The van der Waals surface area contributed by atoms with Crippen molar-refractivity contribution in [3.05, 3.63) is 23.8 Å². The second-order valence-electron chi connectivity index (χ2n) is 6.01. The summed E-state index contributed by atoms with van der Waals surface area (Å²) in [6.45, 7) is 2.94. The molecule has 0 saturated heterocycles. The zero-order valence-electron chi connectivity index (χ0n) is 14.5. The van der Waals surface area contributed by atoms with E-state index >= 15 is 0 Å². The van der Waals surface area contributed by atoms with E-state index in [2.05, 4.69) is 5.32 Å². The van der Waals surface area contributed by atoms with Crippen molar-refractivity contribution in [1.82, 2.24) is 5.32 Å². The van der Waals surface area contributed by atoms with E-state index < -0.39 is 0 Å². The monoisotopic (exact) mass is 356 g/mol. The zero-order valence-corrected chi connectivity index (χ0v) is 15.4. The lowest BCUT2D eigenvalue weighted by Gasteiger charge is -2.30. The average Bonchev–Trinajstić information content (AvgIpc) is 2.60. The van der Waals surface area contributed by atoms with Crippen molar-refractivity contribution in [1.29, 1.82) is 0 Å². The van der Waals surface area contributed by atoms with Crippen LogP contribution in [0.15, 0.2) is 18.2 Å². The molecular weight excluding hydrogens is 328 g/mol. The fourth-order valence-corrected chi connectivity index (χ4v) is 3.24. The molecule has 24 heavy (non-hydrogen) atoms. The first kappa shape index (κ1) is 20.6. The number of nitrogens with one attached hydrogen (secondary N) is 1. The van der Waals surface area contributed by atoms with E-state index in [1.54, 1.807) is 25.3 Å². The molecule has 0 heterocycles. The Morgan fingerprint density at radius 3 is 2.58 bits per heavy atom. The van der Waals surface area contributed by atoms with Crippen LogP contribution < -0.4 is 20.5 Å². The summed E-state index contributed by atoms with van der Waals surface area (Å²) in [4.78, 5) is 12.5.